The first-order chi connectivity index (χ1) is 15.6. The summed E-state index contributed by atoms with van der Waals surface area (Å²) in [6, 6.07) is 12.3. The van der Waals surface area contributed by atoms with Crippen molar-refractivity contribution in [3.8, 4) is 11.5 Å². The average Bonchev–Trinajstić information content (AvgIpc) is 3.45. The Morgan fingerprint density at radius 3 is 2.69 bits per heavy atom. The molecular weight excluding hydrogens is 438 g/mol. The second kappa shape index (κ2) is 10.5. The summed E-state index contributed by atoms with van der Waals surface area (Å²) in [5, 5.41) is 6.92. The lowest BCUT2D eigenvalue weighted by Gasteiger charge is -2.26. The molecule has 1 aliphatic rings. The number of aromatic nitrogens is 3. The maximum Gasteiger partial charge on any atom is 0.187 e. The minimum absolute atomic E-state index is 0.706. The number of piperidine rings is 1. The van der Waals surface area contributed by atoms with E-state index in [1.54, 1.807) is 11.3 Å². The Hall–Kier alpha value is -2.41. The molecule has 5 nitrogen and oxygen atoms in total. The van der Waals surface area contributed by atoms with E-state index in [0.29, 0.717) is 5.02 Å². The van der Waals surface area contributed by atoms with Crippen LogP contribution in [-0.2, 0) is 6.54 Å². The molecule has 0 unspecified atom stereocenters. The van der Waals surface area contributed by atoms with Crippen molar-refractivity contribution in [1.82, 2.24) is 19.9 Å². The highest BCUT2D eigenvalue weighted by atomic mass is 35.5. The summed E-state index contributed by atoms with van der Waals surface area (Å²) in [5.74, 6) is 0.798. The summed E-state index contributed by atoms with van der Waals surface area (Å²) in [7, 11) is 0. The number of hydrogen-bond acceptors (Lipinski definition) is 5. The van der Waals surface area contributed by atoms with Crippen LogP contribution in [0.5, 0.6) is 0 Å². The van der Waals surface area contributed by atoms with Crippen LogP contribution in [0.1, 0.15) is 44.2 Å². The summed E-state index contributed by atoms with van der Waals surface area (Å²) in [6.07, 6.45) is 3.98. The molecule has 0 radical (unpaired) electrons. The van der Waals surface area contributed by atoms with Crippen molar-refractivity contribution >= 4 is 44.8 Å². The lowest BCUT2D eigenvalue weighted by Crippen LogP contribution is -2.29. The lowest BCUT2D eigenvalue weighted by atomic mass is 10.1. The van der Waals surface area contributed by atoms with Crippen molar-refractivity contribution in [3.63, 3.8) is 0 Å². The molecule has 7 heteroatoms. The highest BCUT2D eigenvalue weighted by molar-refractivity contribution is 7.14. The number of halogens is 1. The van der Waals surface area contributed by atoms with Crippen LogP contribution in [0.3, 0.4) is 0 Å². The van der Waals surface area contributed by atoms with E-state index in [4.69, 9.17) is 21.6 Å². The van der Waals surface area contributed by atoms with Gasteiger partial charge >= 0.3 is 0 Å². The molecule has 0 spiro atoms. The Morgan fingerprint density at radius 2 is 1.88 bits per heavy atom. The molecular formula is C25H30ClN5S. The first-order valence-electron chi connectivity index (χ1n) is 11.3. The standard InChI is InChI=1S/C23H24ClN5S.C2H6/c1-15-5-7-17(24)12-19(15)27-23-28-21(14-30-23)22-25-18-8-6-16(11-20(18)26-22)13-29-9-3-2-4-10-29;1-2/h5-8,11-12,14H,2-4,9-10,13H2,1H3,(H,25,26)(H,27,28);1-2H3. The minimum atomic E-state index is 0.706. The number of aromatic amines is 1. The quantitative estimate of drug-likeness (QED) is 0.321. The molecule has 2 aromatic heterocycles. The van der Waals surface area contributed by atoms with Crippen LogP contribution in [0.4, 0.5) is 10.8 Å². The van der Waals surface area contributed by atoms with Gasteiger partial charge in [-0.25, -0.2) is 9.97 Å². The molecule has 0 aliphatic carbocycles. The Morgan fingerprint density at radius 1 is 1.06 bits per heavy atom. The van der Waals surface area contributed by atoms with Gasteiger partial charge in [-0.1, -0.05) is 44.0 Å². The van der Waals surface area contributed by atoms with E-state index in [-0.39, 0.29) is 0 Å². The van der Waals surface area contributed by atoms with E-state index in [1.165, 1.54) is 37.9 Å². The molecule has 0 atom stereocenters. The fraction of sp³-hybridized carbons (Fsp3) is 0.360. The van der Waals surface area contributed by atoms with Crippen LogP contribution in [-0.4, -0.2) is 32.9 Å². The Balaban J connectivity index is 0.00000119. The number of thiazole rings is 1. The van der Waals surface area contributed by atoms with Gasteiger partial charge in [0.15, 0.2) is 11.0 Å². The van der Waals surface area contributed by atoms with E-state index in [0.717, 1.165) is 45.5 Å². The molecule has 168 valence electrons. The van der Waals surface area contributed by atoms with Gasteiger partial charge in [-0.05, 0) is 68.2 Å². The average molecular weight is 468 g/mol. The van der Waals surface area contributed by atoms with Crippen molar-refractivity contribution in [2.45, 2.75) is 46.6 Å². The van der Waals surface area contributed by atoms with E-state index in [9.17, 15) is 0 Å². The molecule has 0 amide bonds. The third-order valence-electron chi connectivity index (χ3n) is 5.59. The van der Waals surface area contributed by atoms with Crippen LogP contribution in [0.25, 0.3) is 22.6 Å². The molecule has 2 aromatic carbocycles. The maximum atomic E-state index is 6.13. The highest BCUT2D eigenvalue weighted by Crippen LogP contribution is 2.29. The minimum Gasteiger partial charge on any atom is -0.337 e. The van der Waals surface area contributed by atoms with Crippen molar-refractivity contribution in [3.05, 3.63) is 57.9 Å². The predicted molar refractivity (Wildman–Crippen MR) is 137 cm³/mol. The molecule has 32 heavy (non-hydrogen) atoms. The van der Waals surface area contributed by atoms with Gasteiger partial charge in [-0.3, -0.25) is 4.90 Å². The number of rotatable bonds is 5. The monoisotopic (exact) mass is 467 g/mol. The van der Waals surface area contributed by atoms with E-state index >= 15 is 0 Å². The zero-order chi connectivity index (χ0) is 22.5. The molecule has 1 aliphatic heterocycles. The van der Waals surface area contributed by atoms with Gasteiger partial charge in [-0.2, -0.15) is 0 Å². The lowest BCUT2D eigenvalue weighted by molar-refractivity contribution is 0.221. The number of anilines is 2. The van der Waals surface area contributed by atoms with Gasteiger partial charge in [-0.15, -0.1) is 11.3 Å². The fourth-order valence-corrected chi connectivity index (χ4v) is 4.82. The summed E-state index contributed by atoms with van der Waals surface area (Å²) < 4.78 is 0. The van der Waals surface area contributed by atoms with Gasteiger partial charge in [0.05, 0.1) is 11.0 Å². The number of likely N-dealkylation sites (tertiary alicyclic amines) is 1. The second-order valence-corrected chi connectivity index (χ2v) is 9.19. The van der Waals surface area contributed by atoms with E-state index in [2.05, 4.69) is 33.4 Å². The SMILES string of the molecule is CC.Cc1ccc(Cl)cc1Nc1nc(-c2nc3ccc(CN4CCCCC4)cc3[nH]2)cs1. The van der Waals surface area contributed by atoms with Crippen molar-refractivity contribution < 1.29 is 0 Å². The Bertz CT molecular complexity index is 1180. The van der Waals surface area contributed by atoms with E-state index in [1.807, 2.05) is 44.4 Å². The predicted octanol–water partition coefficient (Wildman–Crippen LogP) is 7.40. The molecule has 0 bridgehead atoms. The summed E-state index contributed by atoms with van der Waals surface area (Å²) >= 11 is 7.69. The summed E-state index contributed by atoms with van der Waals surface area (Å²) in [4.78, 5) is 15.5. The maximum absolute atomic E-state index is 6.13. The second-order valence-electron chi connectivity index (χ2n) is 7.90. The Labute approximate surface area is 198 Å². The van der Waals surface area contributed by atoms with Crippen LogP contribution >= 0.6 is 22.9 Å². The molecule has 0 saturated carbocycles. The Kier molecular flexibility index (Phi) is 7.45. The number of nitrogens with one attached hydrogen (secondary N) is 2. The molecule has 2 N–H and O–H groups in total. The smallest absolute Gasteiger partial charge is 0.187 e. The van der Waals surface area contributed by atoms with Gasteiger partial charge in [0.2, 0.25) is 0 Å². The third kappa shape index (κ3) is 5.31. The zero-order valence-corrected chi connectivity index (χ0v) is 20.5. The summed E-state index contributed by atoms with van der Waals surface area (Å²) in [6.45, 7) is 9.46. The van der Waals surface area contributed by atoms with Crippen LogP contribution in [0.15, 0.2) is 41.8 Å². The normalized spacial score (nSPS) is 14.2. The number of H-pyrrole nitrogens is 1. The van der Waals surface area contributed by atoms with Crippen molar-refractivity contribution in [1.29, 1.82) is 0 Å². The van der Waals surface area contributed by atoms with Crippen molar-refractivity contribution in [2.75, 3.05) is 18.4 Å². The molecule has 4 aromatic rings. The fourth-order valence-electron chi connectivity index (χ4n) is 3.94. The highest BCUT2D eigenvalue weighted by Gasteiger charge is 2.13. The number of benzene rings is 2. The first kappa shape index (κ1) is 22.8. The first-order valence-corrected chi connectivity index (χ1v) is 12.6. The largest absolute Gasteiger partial charge is 0.337 e. The number of nitrogens with zero attached hydrogens (tertiary/aromatic N) is 3. The van der Waals surface area contributed by atoms with Crippen LogP contribution in [0.2, 0.25) is 5.02 Å². The zero-order valence-electron chi connectivity index (χ0n) is 18.9. The summed E-state index contributed by atoms with van der Waals surface area (Å²) in [5.41, 5.74) is 6.30. The molecule has 3 heterocycles. The van der Waals surface area contributed by atoms with Gasteiger partial charge in [0, 0.05) is 22.6 Å². The topological polar surface area (TPSA) is 56.8 Å². The van der Waals surface area contributed by atoms with Gasteiger partial charge < -0.3 is 10.3 Å². The number of hydrogen-bond donors (Lipinski definition) is 2. The van der Waals surface area contributed by atoms with Crippen molar-refractivity contribution in [2.24, 2.45) is 0 Å². The molecule has 1 fully saturated rings. The number of imidazole rings is 1. The number of fused-ring (bicyclic) bond motifs is 1. The van der Waals surface area contributed by atoms with Crippen LogP contribution in [0, 0.1) is 6.92 Å². The third-order valence-corrected chi connectivity index (χ3v) is 6.58. The molecule has 1 saturated heterocycles. The van der Waals surface area contributed by atoms with Gasteiger partial charge in [0.1, 0.15) is 5.69 Å². The molecule has 5 rings (SSSR count). The van der Waals surface area contributed by atoms with Gasteiger partial charge in [0.25, 0.3) is 0 Å². The van der Waals surface area contributed by atoms with Crippen LogP contribution < -0.4 is 5.32 Å². The van der Waals surface area contributed by atoms with E-state index < -0.39 is 0 Å². The number of aryl methyl sites for hydroxylation is 1.